The predicted molar refractivity (Wildman–Crippen MR) is 91.8 cm³/mol. The number of unbranched alkanes of at least 4 members (excludes halogenated alkanes) is 5. The first-order valence-electron chi connectivity index (χ1n) is 9.90. The van der Waals surface area contributed by atoms with Crippen molar-refractivity contribution in [1.29, 1.82) is 0 Å². The maximum atomic E-state index is 11.9. The Bertz CT molecular complexity index is 394. The summed E-state index contributed by atoms with van der Waals surface area (Å²) in [5, 5.41) is 29.9. The van der Waals surface area contributed by atoms with Crippen molar-refractivity contribution in [3.63, 3.8) is 0 Å². The number of esters is 1. The highest BCUT2D eigenvalue weighted by Crippen LogP contribution is 2.25. The van der Waals surface area contributed by atoms with Gasteiger partial charge in [-0.1, -0.05) is 52.9 Å². The number of carbonyl (C=O) groups excluding carboxylic acids is 1. The highest BCUT2D eigenvalue weighted by molar-refractivity contribution is 5.71. The highest BCUT2D eigenvalue weighted by Gasteiger charge is 2.47. The maximum absolute atomic E-state index is 11.9. The molecule has 0 saturated carbocycles. The fourth-order valence-corrected chi connectivity index (χ4v) is 2.67. The Labute approximate surface area is 151 Å². The van der Waals surface area contributed by atoms with E-state index in [0.29, 0.717) is 6.61 Å². The van der Waals surface area contributed by atoms with Gasteiger partial charge >= 0.3 is 5.97 Å². The zero-order valence-corrected chi connectivity index (χ0v) is 15.3. The maximum Gasteiger partial charge on any atom is 0.308 e. The number of hydrogen-bond acceptors (Lipinski definition) is 7. The van der Waals surface area contributed by atoms with Gasteiger partial charge in [0.1, 0.15) is 18.3 Å². The number of rotatable bonds is 11. The lowest BCUT2D eigenvalue weighted by atomic mass is 9.98. The monoisotopic (exact) mass is 363 g/mol. The molecule has 1 heterocycles. The van der Waals surface area contributed by atoms with Crippen molar-refractivity contribution in [2.24, 2.45) is 5.92 Å². The van der Waals surface area contributed by atoms with Gasteiger partial charge in [-0.15, -0.1) is 0 Å². The van der Waals surface area contributed by atoms with E-state index >= 15 is 0 Å². The first-order valence-corrected chi connectivity index (χ1v) is 9.20. The van der Waals surface area contributed by atoms with E-state index in [-0.39, 0.29) is 6.90 Å². The number of aliphatic hydroxyl groups excluding tert-OH is 3. The molecule has 2 unspecified atom stereocenters. The molecular formula is C18H34O7. The molecule has 0 aromatic carbocycles. The molecule has 0 spiro atoms. The summed E-state index contributed by atoms with van der Waals surface area (Å²) in [6.45, 7) is 3.42. The van der Waals surface area contributed by atoms with Crippen molar-refractivity contribution < 1.29 is 35.7 Å². The summed E-state index contributed by atoms with van der Waals surface area (Å²) >= 11 is 0. The molecule has 0 radical (unpaired) electrons. The third-order valence-corrected chi connectivity index (χ3v) is 4.26. The van der Waals surface area contributed by atoms with E-state index in [1.165, 1.54) is 26.2 Å². The largest absolute Gasteiger partial charge is 0.456 e. The van der Waals surface area contributed by atoms with Gasteiger partial charge in [0.25, 0.3) is 0 Å². The van der Waals surface area contributed by atoms with E-state index in [1.807, 2.05) is 0 Å². The molecular weight excluding hydrogens is 328 g/mol. The van der Waals surface area contributed by atoms with Crippen LogP contribution in [0.2, 0.25) is 0 Å². The first kappa shape index (κ1) is 20.6. The minimum absolute atomic E-state index is 0.154. The molecule has 0 aliphatic carbocycles. The zero-order chi connectivity index (χ0) is 19.5. The van der Waals surface area contributed by atoms with Crippen LogP contribution in [0, 0.1) is 5.92 Å². The van der Waals surface area contributed by atoms with Crippen LogP contribution >= 0.6 is 0 Å². The molecule has 1 saturated heterocycles. The van der Waals surface area contributed by atoms with Crippen LogP contribution in [-0.2, 0) is 19.0 Å². The van der Waals surface area contributed by atoms with E-state index < -0.39 is 49.2 Å². The summed E-state index contributed by atoms with van der Waals surface area (Å²) in [5.41, 5.74) is 0. The second kappa shape index (κ2) is 11.8. The molecule has 0 aromatic rings. The van der Waals surface area contributed by atoms with Crippen LogP contribution in [0.1, 0.15) is 60.6 Å². The van der Waals surface area contributed by atoms with Crippen LogP contribution in [0.3, 0.4) is 0 Å². The van der Waals surface area contributed by atoms with Gasteiger partial charge in [-0.25, -0.2) is 0 Å². The smallest absolute Gasteiger partial charge is 0.308 e. The summed E-state index contributed by atoms with van der Waals surface area (Å²) in [4.78, 5) is 11.9. The Morgan fingerprint density at radius 1 is 1.20 bits per heavy atom. The molecule has 7 nitrogen and oxygen atoms in total. The quantitative estimate of drug-likeness (QED) is 0.376. The molecule has 0 amide bonds. The summed E-state index contributed by atoms with van der Waals surface area (Å²) in [6, 6.07) is 0. The normalized spacial score (nSPS) is 31.4. The fraction of sp³-hybridized carbons (Fsp3) is 0.944. The summed E-state index contributed by atoms with van der Waals surface area (Å²) in [5.74, 6) is -1.34. The van der Waals surface area contributed by atoms with Crippen molar-refractivity contribution >= 4 is 5.97 Å². The van der Waals surface area contributed by atoms with Gasteiger partial charge in [-0.3, -0.25) is 4.79 Å². The SMILES string of the molecule is [2H]CC(C)C(=O)O[C@H]1[C@H](O)[C@@H](O)C(OCCCCCCCC)O[C@@H]1CO. The van der Waals surface area contributed by atoms with Crippen molar-refractivity contribution in [2.45, 2.75) is 90.0 Å². The number of carbonyl (C=O) groups is 1. The van der Waals surface area contributed by atoms with Crippen molar-refractivity contribution in [1.82, 2.24) is 0 Å². The number of aliphatic hydroxyl groups is 3. The predicted octanol–water partition coefficient (Wildman–Crippen LogP) is 1.37. The van der Waals surface area contributed by atoms with Gasteiger partial charge < -0.3 is 29.5 Å². The Morgan fingerprint density at radius 3 is 2.52 bits per heavy atom. The minimum Gasteiger partial charge on any atom is -0.456 e. The topological polar surface area (TPSA) is 105 Å². The van der Waals surface area contributed by atoms with E-state index in [4.69, 9.17) is 15.6 Å². The van der Waals surface area contributed by atoms with Crippen LogP contribution in [0.15, 0.2) is 0 Å². The van der Waals surface area contributed by atoms with Crippen molar-refractivity contribution in [2.75, 3.05) is 13.2 Å². The Balaban J connectivity index is 2.47. The Hall–Kier alpha value is -0.730. The molecule has 1 aliphatic rings. The molecule has 0 aromatic heterocycles. The van der Waals surface area contributed by atoms with Crippen molar-refractivity contribution in [3.8, 4) is 0 Å². The fourth-order valence-electron chi connectivity index (χ4n) is 2.67. The molecule has 7 heteroatoms. The average molecular weight is 363 g/mol. The second-order valence-corrected chi connectivity index (χ2v) is 6.65. The van der Waals surface area contributed by atoms with E-state index in [0.717, 1.165) is 19.3 Å². The zero-order valence-electron chi connectivity index (χ0n) is 16.3. The molecule has 148 valence electrons. The Morgan fingerprint density at radius 2 is 1.88 bits per heavy atom. The van der Waals surface area contributed by atoms with Gasteiger partial charge in [-0.2, -0.15) is 0 Å². The standard InChI is InChI=1S/C18H34O7/c1-4-5-6-7-8-9-10-23-18-15(21)14(20)16(13(11-19)24-18)25-17(22)12(2)3/h12-16,18-21H,4-11H2,1-3H3/t13-,14-,15-,16-,18?/m1/s1/i2D/t12?,13-,14-,15-,16-,18?. The van der Waals surface area contributed by atoms with E-state index in [1.54, 1.807) is 0 Å². The number of ether oxygens (including phenoxy) is 3. The summed E-state index contributed by atoms with van der Waals surface area (Å²) < 4.78 is 23.4. The van der Waals surface area contributed by atoms with Gasteiger partial charge in [0.2, 0.25) is 0 Å². The molecule has 0 bridgehead atoms. The van der Waals surface area contributed by atoms with Gasteiger partial charge in [0, 0.05) is 7.98 Å². The Kier molecular flexibility index (Phi) is 9.72. The lowest BCUT2D eigenvalue weighted by Gasteiger charge is -2.41. The third-order valence-electron chi connectivity index (χ3n) is 4.26. The van der Waals surface area contributed by atoms with Crippen LogP contribution in [0.25, 0.3) is 0 Å². The molecule has 6 atom stereocenters. The van der Waals surface area contributed by atoms with Gasteiger partial charge in [-0.05, 0) is 6.42 Å². The number of hydrogen-bond donors (Lipinski definition) is 3. The van der Waals surface area contributed by atoms with Crippen LogP contribution in [-0.4, -0.2) is 65.2 Å². The average Bonchev–Trinajstić information content (AvgIpc) is 2.65. The van der Waals surface area contributed by atoms with Crippen LogP contribution in [0.5, 0.6) is 0 Å². The minimum atomic E-state index is -1.43. The van der Waals surface area contributed by atoms with E-state index in [2.05, 4.69) is 6.92 Å². The molecule has 3 N–H and O–H groups in total. The summed E-state index contributed by atoms with van der Waals surface area (Å²) in [6.07, 6.45) is 0.444. The van der Waals surface area contributed by atoms with Gasteiger partial charge in [0.05, 0.1) is 12.5 Å². The summed E-state index contributed by atoms with van der Waals surface area (Å²) in [7, 11) is 0. The van der Waals surface area contributed by atoms with Crippen LogP contribution < -0.4 is 0 Å². The molecule has 25 heavy (non-hydrogen) atoms. The highest BCUT2D eigenvalue weighted by atomic mass is 16.7. The second-order valence-electron chi connectivity index (χ2n) is 6.65. The molecule has 1 aliphatic heterocycles. The van der Waals surface area contributed by atoms with Crippen LogP contribution in [0.4, 0.5) is 0 Å². The lowest BCUT2D eigenvalue weighted by molar-refractivity contribution is -0.303. The molecule has 1 fully saturated rings. The molecule has 1 rings (SSSR count). The first-order chi connectivity index (χ1) is 12.5. The third kappa shape index (κ3) is 7.19. The van der Waals surface area contributed by atoms with Crippen molar-refractivity contribution in [3.05, 3.63) is 0 Å². The van der Waals surface area contributed by atoms with E-state index in [9.17, 15) is 20.1 Å². The lowest BCUT2D eigenvalue weighted by Crippen LogP contribution is -2.60. The van der Waals surface area contributed by atoms with Gasteiger partial charge in [0.15, 0.2) is 12.4 Å².